The Bertz CT molecular complexity index is 934. The van der Waals surface area contributed by atoms with Crippen LogP contribution in [0.1, 0.15) is 51.2 Å². The van der Waals surface area contributed by atoms with Gasteiger partial charge >= 0.3 is 0 Å². The van der Waals surface area contributed by atoms with Crippen LogP contribution in [0.2, 0.25) is 0 Å². The molecule has 0 aliphatic heterocycles. The topological polar surface area (TPSA) is 85.8 Å². The first-order chi connectivity index (χ1) is 14.7. The second-order valence-corrected chi connectivity index (χ2v) is 8.98. The van der Waals surface area contributed by atoms with Crippen molar-refractivity contribution in [1.29, 1.82) is 0 Å². The average Bonchev–Trinajstić information content (AvgIpc) is 3.34. The minimum atomic E-state index is -0.269. The predicted octanol–water partition coefficient (Wildman–Crippen LogP) is 4.30. The van der Waals surface area contributed by atoms with Crippen LogP contribution in [-0.4, -0.2) is 36.9 Å². The molecule has 0 aromatic carbocycles. The number of thioether (sulfide) groups is 1. The first-order valence-electron chi connectivity index (χ1n) is 10.5. The van der Waals surface area contributed by atoms with E-state index in [1.165, 1.54) is 37.4 Å². The number of carbonyl (C=O) groups excluding carboxylic acids is 1. The van der Waals surface area contributed by atoms with Crippen LogP contribution in [0.15, 0.2) is 52.5 Å². The van der Waals surface area contributed by atoms with Gasteiger partial charge in [-0.15, -0.1) is 10.2 Å². The molecule has 1 fully saturated rings. The van der Waals surface area contributed by atoms with Gasteiger partial charge in [0.15, 0.2) is 11.0 Å². The lowest BCUT2D eigenvalue weighted by Gasteiger charge is -2.19. The Morgan fingerprint density at radius 3 is 2.77 bits per heavy atom. The van der Waals surface area contributed by atoms with Crippen LogP contribution in [0.25, 0.3) is 11.4 Å². The first kappa shape index (κ1) is 20.7. The van der Waals surface area contributed by atoms with Crippen molar-refractivity contribution in [2.75, 3.05) is 0 Å². The fourth-order valence-corrected chi connectivity index (χ4v) is 4.60. The molecular weight excluding hydrogens is 398 g/mol. The van der Waals surface area contributed by atoms with Crippen molar-refractivity contribution < 1.29 is 9.21 Å². The standard InChI is InChI=1S/C22H27N5O2S/c1-16(21(28)24-18-9-4-2-3-5-10-18)30-22-26-25-20(17-8-6-12-23-14-17)27(22)15-19-11-7-13-29-19/h6-8,11-14,16,18H,2-5,9-10,15H2,1H3,(H,24,28)/t16-/m0/s1. The third-order valence-corrected chi connectivity index (χ3v) is 6.46. The molecule has 4 rings (SSSR count). The average molecular weight is 426 g/mol. The molecule has 3 aromatic rings. The van der Waals surface area contributed by atoms with E-state index in [4.69, 9.17) is 4.42 Å². The van der Waals surface area contributed by atoms with Gasteiger partial charge in [0.25, 0.3) is 0 Å². The summed E-state index contributed by atoms with van der Waals surface area (Å²) in [5, 5.41) is 12.4. The highest BCUT2D eigenvalue weighted by molar-refractivity contribution is 8.00. The molecule has 0 bridgehead atoms. The van der Waals surface area contributed by atoms with Crippen LogP contribution >= 0.6 is 11.8 Å². The minimum Gasteiger partial charge on any atom is -0.467 e. The number of hydrogen-bond donors (Lipinski definition) is 1. The molecule has 0 unspecified atom stereocenters. The molecule has 1 N–H and O–H groups in total. The maximum atomic E-state index is 12.8. The zero-order valence-corrected chi connectivity index (χ0v) is 18.0. The van der Waals surface area contributed by atoms with Crippen molar-refractivity contribution >= 4 is 17.7 Å². The van der Waals surface area contributed by atoms with Crippen LogP contribution in [0.4, 0.5) is 0 Å². The summed E-state index contributed by atoms with van der Waals surface area (Å²) in [7, 11) is 0. The summed E-state index contributed by atoms with van der Waals surface area (Å²) in [6.07, 6.45) is 12.2. The normalized spacial score (nSPS) is 16.2. The van der Waals surface area contributed by atoms with E-state index >= 15 is 0 Å². The Morgan fingerprint density at radius 2 is 2.07 bits per heavy atom. The van der Waals surface area contributed by atoms with E-state index in [-0.39, 0.29) is 17.2 Å². The van der Waals surface area contributed by atoms with Gasteiger partial charge in [-0.25, -0.2) is 0 Å². The minimum absolute atomic E-state index is 0.0578. The van der Waals surface area contributed by atoms with Crippen LogP contribution in [0.3, 0.4) is 0 Å². The lowest BCUT2D eigenvalue weighted by Crippen LogP contribution is -2.39. The summed E-state index contributed by atoms with van der Waals surface area (Å²) < 4.78 is 7.52. The van der Waals surface area contributed by atoms with Gasteiger partial charge in [0.05, 0.1) is 18.1 Å². The van der Waals surface area contributed by atoms with Crippen molar-refractivity contribution in [2.45, 2.75) is 68.4 Å². The molecule has 1 saturated carbocycles. The molecule has 0 radical (unpaired) electrons. The van der Waals surface area contributed by atoms with E-state index in [9.17, 15) is 4.79 Å². The Labute approximate surface area is 180 Å². The molecule has 1 atom stereocenters. The van der Waals surface area contributed by atoms with Crippen molar-refractivity contribution in [3.63, 3.8) is 0 Å². The summed E-state index contributed by atoms with van der Waals surface area (Å²) in [6.45, 7) is 2.41. The third-order valence-electron chi connectivity index (χ3n) is 5.38. The number of aromatic nitrogens is 4. The van der Waals surface area contributed by atoms with Crippen LogP contribution in [0, 0.1) is 0 Å². The van der Waals surface area contributed by atoms with E-state index in [2.05, 4.69) is 20.5 Å². The fraction of sp³-hybridized carbons (Fsp3) is 0.455. The molecule has 1 amide bonds. The lowest BCUT2D eigenvalue weighted by atomic mass is 10.1. The van der Waals surface area contributed by atoms with Crippen LogP contribution in [-0.2, 0) is 11.3 Å². The summed E-state index contributed by atoms with van der Waals surface area (Å²) in [6, 6.07) is 7.89. The number of carbonyl (C=O) groups is 1. The maximum absolute atomic E-state index is 12.8. The molecule has 0 saturated heterocycles. The smallest absolute Gasteiger partial charge is 0.233 e. The molecule has 3 heterocycles. The SMILES string of the molecule is C[C@H](Sc1nnc(-c2cccnc2)n1Cc1ccco1)C(=O)NC1CCCCCC1. The van der Waals surface area contributed by atoms with Gasteiger partial charge < -0.3 is 9.73 Å². The van der Waals surface area contributed by atoms with Gasteiger partial charge in [0.2, 0.25) is 5.91 Å². The van der Waals surface area contributed by atoms with E-state index in [0.717, 1.165) is 24.2 Å². The number of pyridine rings is 1. The molecule has 1 aliphatic carbocycles. The third kappa shape index (κ3) is 5.11. The lowest BCUT2D eigenvalue weighted by molar-refractivity contribution is -0.121. The number of hydrogen-bond acceptors (Lipinski definition) is 6. The molecule has 3 aromatic heterocycles. The predicted molar refractivity (Wildman–Crippen MR) is 116 cm³/mol. The number of furan rings is 1. The highest BCUT2D eigenvalue weighted by atomic mass is 32.2. The number of rotatable bonds is 7. The zero-order valence-electron chi connectivity index (χ0n) is 17.2. The van der Waals surface area contributed by atoms with Crippen molar-refractivity contribution in [1.82, 2.24) is 25.1 Å². The molecule has 30 heavy (non-hydrogen) atoms. The largest absolute Gasteiger partial charge is 0.467 e. The van der Waals surface area contributed by atoms with E-state index in [1.54, 1.807) is 18.7 Å². The Balaban J connectivity index is 1.51. The molecule has 8 heteroatoms. The van der Waals surface area contributed by atoms with Crippen LogP contribution < -0.4 is 5.32 Å². The maximum Gasteiger partial charge on any atom is 0.233 e. The highest BCUT2D eigenvalue weighted by Gasteiger charge is 2.23. The Hall–Kier alpha value is -2.61. The molecule has 0 spiro atoms. The van der Waals surface area contributed by atoms with Gasteiger partial charge in [0, 0.05) is 24.0 Å². The monoisotopic (exact) mass is 425 g/mol. The van der Waals surface area contributed by atoms with E-state index < -0.39 is 0 Å². The van der Waals surface area contributed by atoms with Gasteiger partial charge in [0.1, 0.15) is 5.76 Å². The van der Waals surface area contributed by atoms with Gasteiger partial charge in [-0.3, -0.25) is 14.3 Å². The summed E-state index contributed by atoms with van der Waals surface area (Å²) in [5.41, 5.74) is 0.874. The van der Waals surface area contributed by atoms with Crippen molar-refractivity contribution in [3.8, 4) is 11.4 Å². The van der Waals surface area contributed by atoms with Crippen molar-refractivity contribution in [2.24, 2.45) is 0 Å². The Kier molecular flexibility index (Phi) is 6.84. The van der Waals surface area contributed by atoms with E-state index in [1.807, 2.05) is 35.8 Å². The highest BCUT2D eigenvalue weighted by Crippen LogP contribution is 2.28. The molecular formula is C22H27N5O2S. The van der Waals surface area contributed by atoms with Gasteiger partial charge in [-0.1, -0.05) is 37.4 Å². The number of nitrogens with one attached hydrogen (secondary N) is 1. The fourth-order valence-electron chi connectivity index (χ4n) is 3.74. The van der Waals surface area contributed by atoms with Crippen molar-refractivity contribution in [3.05, 3.63) is 48.7 Å². The number of amides is 1. The Morgan fingerprint density at radius 1 is 1.23 bits per heavy atom. The van der Waals surface area contributed by atoms with Crippen LogP contribution in [0.5, 0.6) is 0 Å². The number of nitrogens with zero attached hydrogens (tertiary/aromatic N) is 4. The molecule has 1 aliphatic rings. The second-order valence-electron chi connectivity index (χ2n) is 7.67. The zero-order chi connectivity index (χ0) is 20.8. The second kappa shape index (κ2) is 9.93. The molecule has 158 valence electrons. The van der Waals surface area contributed by atoms with Gasteiger partial charge in [-0.2, -0.15) is 0 Å². The quantitative estimate of drug-likeness (QED) is 0.449. The van der Waals surface area contributed by atoms with E-state index in [0.29, 0.717) is 17.5 Å². The summed E-state index contributed by atoms with van der Waals surface area (Å²) >= 11 is 1.42. The van der Waals surface area contributed by atoms with Gasteiger partial charge in [-0.05, 0) is 44.0 Å². The summed E-state index contributed by atoms with van der Waals surface area (Å²) in [4.78, 5) is 17.0. The first-order valence-corrected chi connectivity index (χ1v) is 11.4. The molecule has 7 nitrogen and oxygen atoms in total. The summed E-state index contributed by atoms with van der Waals surface area (Å²) in [5.74, 6) is 1.57.